The van der Waals surface area contributed by atoms with Gasteiger partial charge in [0.05, 0.1) is 29.8 Å². The van der Waals surface area contributed by atoms with E-state index in [4.69, 9.17) is 21.1 Å². The molecule has 0 unspecified atom stereocenters. The molecule has 0 aliphatic rings. The maximum atomic E-state index is 13.5. The minimum Gasteiger partial charge on any atom is -0.495 e. The van der Waals surface area contributed by atoms with Crippen LogP contribution >= 0.6 is 11.6 Å². The fourth-order valence-corrected chi connectivity index (χ4v) is 5.93. The van der Waals surface area contributed by atoms with Gasteiger partial charge in [0.15, 0.2) is 0 Å². The van der Waals surface area contributed by atoms with Crippen molar-refractivity contribution in [2.24, 2.45) is 0 Å². The SMILES string of the molecule is COc1cc(NC(=O)[C@H](Cc2ccccc2)NS(=O)(=O)c2c(C)cc(C)cc2C)c(OC)cc1Cl. The second-order valence-electron chi connectivity index (χ2n) is 8.27. The highest BCUT2D eigenvalue weighted by molar-refractivity contribution is 7.89. The molecular weight excluding hydrogens is 488 g/mol. The minimum atomic E-state index is -4.02. The molecule has 7 nitrogen and oxygen atoms in total. The Kier molecular flexibility index (Phi) is 8.43. The molecule has 0 aliphatic heterocycles. The zero-order valence-corrected chi connectivity index (χ0v) is 21.9. The number of halogens is 1. The van der Waals surface area contributed by atoms with Crippen LogP contribution in [0.1, 0.15) is 22.3 Å². The maximum Gasteiger partial charge on any atom is 0.243 e. The Morgan fingerprint density at radius 2 is 1.54 bits per heavy atom. The van der Waals surface area contributed by atoms with Gasteiger partial charge in [-0.1, -0.05) is 59.6 Å². The first-order chi connectivity index (χ1) is 16.6. The van der Waals surface area contributed by atoms with E-state index in [2.05, 4.69) is 10.0 Å². The summed E-state index contributed by atoms with van der Waals surface area (Å²) in [6.45, 7) is 5.39. The molecule has 3 aromatic carbocycles. The van der Waals surface area contributed by atoms with Crippen molar-refractivity contribution in [3.8, 4) is 11.5 Å². The Balaban J connectivity index is 1.99. The first-order valence-corrected chi connectivity index (χ1v) is 12.8. The van der Waals surface area contributed by atoms with E-state index in [0.717, 1.165) is 11.1 Å². The molecule has 0 aromatic heterocycles. The van der Waals surface area contributed by atoms with Gasteiger partial charge in [0.2, 0.25) is 15.9 Å². The normalized spacial score (nSPS) is 12.2. The topological polar surface area (TPSA) is 93.7 Å². The highest BCUT2D eigenvalue weighted by Gasteiger charge is 2.29. The molecule has 3 rings (SSSR count). The molecular formula is C26H29ClN2O5S. The van der Waals surface area contributed by atoms with Crippen LogP contribution in [-0.4, -0.2) is 34.6 Å². The van der Waals surface area contributed by atoms with Crippen molar-refractivity contribution in [2.75, 3.05) is 19.5 Å². The van der Waals surface area contributed by atoms with Crippen molar-refractivity contribution in [3.63, 3.8) is 0 Å². The minimum absolute atomic E-state index is 0.142. The summed E-state index contributed by atoms with van der Waals surface area (Å²) in [5.74, 6) is 0.104. The third-order valence-electron chi connectivity index (χ3n) is 5.50. The van der Waals surface area contributed by atoms with Gasteiger partial charge in [-0.3, -0.25) is 4.79 Å². The molecule has 1 amide bonds. The van der Waals surface area contributed by atoms with Crippen molar-refractivity contribution in [2.45, 2.75) is 38.1 Å². The van der Waals surface area contributed by atoms with Crippen LogP contribution in [0.15, 0.2) is 59.5 Å². The number of methoxy groups -OCH3 is 2. The maximum absolute atomic E-state index is 13.5. The molecule has 1 atom stereocenters. The monoisotopic (exact) mass is 516 g/mol. The van der Waals surface area contributed by atoms with Gasteiger partial charge >= 0.3 is 0 Å². The number of nitrogens with one attached hydrogen (secondary N) is 2. The summed E-state index contributed by atoms with van der Waals surface area (Å²) in [7, 11) is -1.12. The van der Waals surface area contributed by atoms with E-state index in [1.807, 2.05) is 37.3 Å². The highest BCUT2D eigenvalue weighted by atomic mass is 35.5. The summed E-state index contributed by atoms with van der Waals surface area (Å²) in [4.78, 5) is 13.6. The molecule has 0 aliphatic carbocycles. The fourth-order valence-electron chi connectivity index (χ4n) is 4.05. The van der Waals surface area contributed by atoms with E-state index in [9.17, 15) is 13.2 Å². The number of rotatable bonds is 9. The number of hydrogen-bond acceptors (Lipinski definition) is 5. The van der Waals surface area contributed by atoms with Gasteiger partial charge < -0.3 is 14.8 Å². The van der Waals surface area contributed by atoms with Crippen LogP contribution in [0.3, 0.4) is 0 Å². The number of aryl methyl sites for hydroxylation is 3. The number of carbonyl (C=O) groups is 1. The summed E-state index contributed by atoms with van der Waals surface area (Å²) in [5.41, 5.74) is 3.28. The summed E-state index contributed by atoms with van der Waals surface area (Å²) >= 11 is 6.17. The summed E-state index contributed by atoms with van der Waals surface area (Å²) in [6, 6.07) is 14.7. The van der Waals surface area contributed by atoms with Gasteiger partial charge in [-0.05, 0) is 43.9 Å². The zero-order chi connectivity index (χ0) is 25.8. The third-order valence-corrected chi connectivity index (χ3v) is 7.57. The Morgan fingerprint density at radius 3 is 2.11 bits per heavy atom. The van der Waals surface area contributed by atoms with Crippen molar-refractivity contribution < 1.29 is 22.7 Å². The molecule has 9 heteroatoms. The van der Waals surface area contributed by atoms with Crippen LogP contribution in [0.25, 0.3) is 0 Å². The number of hydrogen-bond donors (Lipinski definition) is 2. The van der Waals surface area contributed by atoms with Crippen LogP contribution in [-0.2, 0) is 21.2 Å². The van der Waals surface area contributed by atoms with Crippen LogP contribution in [0.2, 0.25) is 5.02 Å². The van der Waals surface area contributed by atoms with Gasteiger partial charge in [0, 0.05) is 12.1 Å². The molecule has 186 valence electrons. The number of anilines is 1. The van der Waals surface area contributed by atoms with Crippen molar-refractivity contribution in [3.05, 3.63) is 81.9 Å². The lowest BCUT2D eigenvalue weighted by molar-refractivity contribution is -0.117. The quantitative estimate of drug-likeness (QED) is 0.425. The van der Waals surface area contributed by atoms with E-state index < -0.39 is 22.0 Å². The van der Waals surface area contributed by atoms with E-state index >= 15 is 0 Å². The summed E-state index contributed by atoms with van der Waals surface area (Å²) < 4.78 is 40.1. The fraction of sp³-hybridized carbons (Fsp3) is 0.269. The van der Waals surface area contributed by atoms with Crippen LogP contribution < -0.4 is 19.5 Å². The lowest BCUT2D eigenvalue weighted by Gasteiger charge is -2.21. The smallest absolute Gasteiger partial charge is 0.243 e. The predicted molar refractivity (Wildman–Crippen MR) is 138 cm³/mol. The highest BCUT2D eigenvalue weighted by Crippen LogP contribution is 2.36. The first-order valence-electron chi connectivity index (χ1n) is 10.9. The number of sulfonamides is 1. The molecule has 0 saturated heterocycles. The van der Waals surface area contributed by atoms with Gasteiger partial charge in [-0.25, -0.2) is 8.42 Å². The van der Waals surface area contributed by atoms with Crippen molar-refractivity contribution >= 4 is 33.2 Å². The Labute approximate surface area is 211 Å². The number of amides is 1. The summed E-state index contributed by atoms with van der Waals surface area (Å²) in [6.07, 6.45) is 0.142. The average Bonchev–Trinajstić information content (AvgIpc) is 2.79. The van der Waals surface area contributed by atoms with Crippen LogP contribution in [0, 0.1) is 20.8 Å². The average molecular weight is 517 g/mol. The summed E-state index contributed by atoms with van der Waals surface area (Å²) in [5, 5.41) is 3.08. The molecule has 0 saturated carbocycles. The van der Waals surface area contributed by atoms with Crippen molar-refractivity contribution in [1.82, 2.24) is 4.72 Å². The van der Waals surface area contributed by atoms with Gasteiger partial charge in [0.1, 0.15) is 17.5 Å². The van der Waals surface area contributed by atoms with E-state index in [1.165, 1.54) is 26.4 Å². The van der Waals surface area contributed by atoms with Crippen molar-refractivity contribution in [1.29, 1.82) is 0 Å². The van der Waals surface area contributed by atoms with Gasteiger partial charge in [-0.2, -0.15) is 4.72 Å². The predicted octanol–water partition coefficient (Wildman–Crippen LogP) is 4.81. The largest absolute Gasteiger partial charge is 0.495 e. The lowest BCUT2D eigenvalue weighted by atomic mass is 10.1. The molecule has 0 spiro atoms. The Bertz CT molecular complexity index is 1300. The first kappa shape index (κ1) is 26.5. The second-order valence-corrected chi connectivity index (χ2v) is 10.3. The number of carbonyl (C=O) groups excluding carboxylic acids is 1. The lowest BCUT2D eigenvalue weighted by Crippen LogP contribution is -2.45. The van der Waals surface area contributed by atoms with Gasteiger partial charge in [-0.15, -0.1) is 0 Å². The van der Waals surface area contributed by atoms with E-state index in [1.54, 1.807) is 26.0 Å². The Morgan fingerprint density at radius 1 is 0.943 bits per heavy atom. The van der Waals surface area contributed by atoms with Crippen LogP contribution in [0.4, 0.5) is 5.69 Å². The molecule has 0 heterocycles. The van der Waals surface area contributed by atoms with E-state index in [0.29, 0.717) is 33.3 Å². The number of benzene rings is 3. The molecule has 0 bridgehead atoms. The second kappa shape index (κ2) is 11.1. The molecule has 0 radical (unpaired) electrons. The Hall–Kier alpha value is -3.07. The third kappa shape index (κ3) is 6.33. The van der Waals surface area contributed by atoms with Gasteiger partial charge in [0.25, 0.3) is 0 Å². The van der Waals surface area contributed by atoms with E-state index in [-0.39, 0.29) is 11.3 Å². The molecule has 0 fully saturated rings. The standard InChI is InChI=1S/C26H29ClN2O5S/c1-16-11-17(2)25(18(3)12-16)35(31,32)29-22(13-19-9-7-6-8-10-19)26(30)28-21-15-23(33-4)20(27)14-24(21)34-5/h6-12,14-15,22,29H,13H2,1-5H3,(H,28,30)/t22-/m0/s1. The number of ether oxygens (including phenoxy) is 2. The zero-order valence-electron chi connectivity index (χ0n) is 20.3. The van der Waals surface area contributed by atoms with Crippen LogP contribution in [0.5, 0.6) is 11.5 Å². The molecule has 35 heavy (non-hydrogen) atoms. The molecule has 2 N–H and O–H groups in total. The molecule has 3 aromatic rings.